The van der Waals surface area contributed by atoms with Crippen molar-refractivity contribution < 1.29 is 17.9 Å². The predicted octanol–water partition coefficient (Wildman–Crippen LogP) is 0.847. The number of rotatable bonds is 6. The van der Waals surface area contributed by atoms with Crippen molar-refractivity contribution in [1.82, 2.24) is 5.32 Å². The van der Waals surface area contributed by atoms with Gasteiger partial charge in [0.15, 0.2) is 9.84 Å². The van der Waals surface area contributed by atoms with Gasteiger partial charge in [0, 0.05) is 18.2 Å². The first kappa shape index (κ1) is 16.7. The predicted molar refractivity (Wildman–Crippen MR) is 77.4 cm³/mol. The van der Waals surface area contributed by atoms with Gasteiger partial charge in [0.25, 0.3) is 0 Å². The number of methoxy groups -OCH3 is 1. The molecule has 0 aliphatic heterocycles. The van der Waals surface area contributed by atoms with Crippen LogP contribution in [-0.4, -0.2) is 39.8 Å². The van der Waals surface area contributed by atoms with Crippen molar-refractivity contribution in [2.75, 3.05) is 25.2 Å². The minimum absolute atomic E-state index is 0.0622. The maximum absolute atomic E-state index is 12.1. The van der Waals surface area contributed by atoms with E-state index in [2.05, 4.69) is 5.32 Å². The molecule has 1 aromatic rings. The van der Waals surface area contributed by atoms with Crippen molar-refractivity contribution >= 4 is 33.0 Å². The minimum Gasteiger partial charge on any atom is -0.398 e. The number of nitrogens with one attached hydrogen (secondary N) is 1. The summed E-state index contributed by atoms with van der Waals surface area (Å²) in [4.78, 5) is 11.6. The van der Waals surface area contributed by atoms with Crippen LogP contribution in [0.5, 0.6) is 0 Å². The van der Waals surface area contributed by atoms with Crippen LogP contribution in [0.1, 0.15) is 6.92 Å². The summed E-state index contributed by atoms with van der Waals surface area (Å²) < 4.78 is 29.1. The summed E-state index contributed by atoms with van der Waals surface area (Å²) in [5, 5.41) is 2.77. The Kier molecular flexibility index (Phi) is 5.79. The molecule has 0 aliphatic carbocycles. The zero-order valence-corrected chi connectivity index (χ0v) is 12.8. The highest BCUT2D eigenvalue weighted by molar-refractivity contribution is 7.92. The number of nitrogens with two attached hydrogens (primary N) is 1. The third kappa shape index (κ3) is 4.66. The van der Waals surface area contributed by atoms with Crippen LogP contribution in [0.2, 0.25) is 5.02 Å². The smallest absolute Gasteiger partial charge is 0.235 e. The molecule has 0 saturated heterocycles. The third-order valence-corrected chi connectivity index (χ3v) is 4.36. The molecule has 0 heterocycles. The van der Waals surface area contributed by atoms with E-state index in [1.807, 2.05) is 0 Å². The maximum atomic E-state index is 12.1. The van der Waals surface area contributed by atoms with Gasteiger partial charge in [-0.3, -0.25) is 4.79 Å². The number of ether oxygens (including phenoxy) is 1. The van der Waals surface area contributed by atoms with Crippen LogP contribution >= 0.6 is 11.6 Å². The molecule has 8 heteroatoms. The molecule has 0 radical (unpaired) electrons. The van der Waals surface area contributed by atoms with Gasteiger partial charge in [-0.2, -0.15) is 0 Å². The average molecular weight is 321 g/mol. The molecule has 0 aromatic heterocycles. The molecule has 1 aromatic carbocycles. The molecule has 1 atom stereocenters. The fraction of sp³-hybridized carbons (Fsp3) is 0.417. The normalized spacial score (nSPS) is 12.9. The Bertz CT molecular complexity index is 589. The molecule has 0 aliphatic rings. The number of benzene rings is 1. The highest BCUT2D eigenvalue weighted by Crippen LogP contribution is 2.23. The minimum atomic E-state index is -3.84. The summed E-state index contributed by atoms with van der Waals surface area (Å²) in [7, 11) is -2.34. The van der Waals surface area contributed by atoms with Crippen molar-refractivity contribution in [2.45, 2.75) is 17.9 Å². The van der Waals surface area contributed by atoms with Crippen LogP contribution in [0.3, 0.4) is 0 Å². The Morgan fingerprint density at radius 3 is 2.75 bits per heavy atom. The molecular weight excluding hydrogens is 304 g/mol. The highest BCUT2D eigenvalue weighted by Gasteiger charge is 2.23. The van der Waals surface area contributed by atoms with Gasteiger partial charge in [0.05, 0.1) is 17.2 Å². The molecule has 1 amide bonds. The van der Waals surface area contributed by atoms with Gasteiger partial charge in [0.1, 0.15) is 5.75 Å². The number of amides is 1. The zero-order chi connectivity index (χ0) is 15.3. The standard InChI is InChI=1S/C12H17ClN2O4S/c1-8(6-19-2)15-12(16)7-20(17,18)11-5-9(13)3-4-10(11)14/h3-5,8H,6-7,14H2,1-2H3,(H,15,16). The van der Waals surface area contributed by atoms with Gasteiger partial charge in [-0.15, -0.1) is 0 Å². The fourth-order valence-corrected chi connectivity index (χ4v) is 3.19. The molecule has 112 valence electrons. The molecule has 1 unspecified atom stereocenters. The van der Waals surface area contributed by atoms with Gasteiger partial charge in [-0.1, -0.05) is 11.6 Å². The zero-order valence-electron chi connectivity index (χ0n) is 11.2. The summed E-state index contributed by atoms with van der Waals surface area (Å²) in [6, 6.07) is 3.83. The first-order chi connectivity index (χ1) is 9.26. The van der Waals surface area contributed by atoms with Gasteiger partial charge < -0.3 is 15.8 Å². The second-order valence-corrected chi connectivity index (χ2v) is 6.76. The Hall–Kier alpha value is -1.31. The van der Waals surface area contributed by atoms with Crippen LogP contribution in [0.4, 0.5) is 5.69 Å². The number of halogens is 1. The van der Waals surface area contributed by atoms with Crippen molar-refractivity contribution in [1.29, 1.82) is 0 Å². The van der Waals surface area contributed by atoms with Crippen LogP contribution in [-0.2, 0) is 19.4 Å². The second-order valence-electron chi connectivity index (χ2n) is 4.37. The summed E-state index contributed by atoms with van der Waals surface area (Å²) in [5.74, 6) is -1.31. The maximum Gasteiger partial charge on any atom is 0.235 e. The average Bonchev–Trinajstić information content (AvgIpc) is 2.31. The molecular formula is C12H17ClN2O4S. The summed E-state index contributed by atoms with van der Waals surface area (Å²) in [6.45, 7) is 2.01. The second kappa shape index (κ2) is 6.92. The molecule has 1 rings (SSSR count). The number of hydrogen-bond donors (Lipinski definition) is 2. The fourth-order valence-electron chi connectivity index (χ4n) is 1.64. The highest BCUT2D eigenvalue weighted by atomic mass is 35.5. The van der Waals surface area contributed by atoms with Gasteiger partial charge in [-0.25, -0.2) is 8.42 Å². The van der Waals surface area contributed by atoms with Crippen LogP contribution in [0.25, 0.3) is 0 Å². The lowest BCUT2D eigenvalue weighted by Crippen LogP contribution is -2.39. The van der Waals surface area contributed by atoms with E-state index in [1.54, 1.807) is 6.92 Å². The van der Waals surface area contributed by atoms with E-state index in [1.165, 1.54) is 25.3 Å². The van der Waals surface area contributed by atoms with Crippen LogP contribution in [0, 0.1) is 0 Å². The van der Waals surface area contributed by atoms with E-state index >= 15 is 0 Å². The lowest BCUT2D eigenvalue weighted by molar-refractivity contribution is -0.119. The van der Waals surface area contributed by atoms with E-state index in [9.17, 15) is 13.2 Å². The number of hydrogen-bond acceptors (Lipinski definition) is 5. The third-order valence-electron chi connectivity index (χ3n) is 2.46. The summed E-state index contributed by atoms with van der Waals surface area (Å²) in [5.41, 5.74) is 5.67. The molecule has 6 nitrogen and oxygen atoms in total. The van der Waals surface area contributed by atoms with Gasteiger partial charge in [-0.05, 0) is 25.1 Å². The van der Waals surface area contributed by atoms with E-state index in [0.717, 1.165) is 0 Å². The first-order valence-electron chi connectivity index (χ1n) is 5.82. The Morgan fingerprint density at radius 2 is 2.15 bits per heavy atom. The molecule has 0 fully saturated rings. The van der Waals surface area contributed by atoms with Crippen molar-refractivity contribution in [2.24, 2.45) is 0 Å². The Labute approximate surface area is 123 Å². The van der Waals surface area contributed by atoms with Crippen molar-refractivity contribution in [3.05, 3.63) is 23.2 Å². The van der Waals surface area contributed by atoms with Gasteiger partial charge >= 0.3 is 0 Å². The largest absolute Gasteiger partial charge is 0.398 e. The lowest BCUT2D eigenvalue weighted by Gasteiger charge is -2.13. The quantitative estimate of drug-likeness (QED) is 0.757. The van der Waals surface area contributed by atoms with Crippen LogP contribution in [0.15, 0.2) is 23.1 Å². The summed E-state index contributed by atoms with van der Waals surface area (Å²) >= 11 is 5.75. The number of carbonyl (C=O) groups is 1. The SMILES string of the molecule is COCC(C)NC(=O)CS(=O)(=O)c1cc(Cl)ccc1N. The number of nitrogen functional groups attached to an aromatic ring is 1. The topological polar surface area (TPSA) is 98.5 Å². The van der Waals surface area contributed by atoms with E-state index in [-0.39, 0.29) is 21.6 Å². The number of sulfone groups is 1. The molecule has 20 heavy (non-hydrogen) atoms. The van der Waals surface area contributed by atoms with E-state index in [0.29, 0.717) is 6.61 Å². The van der Waals surface area contributed by atoms with Crippen LogP contribution < -0.4 is 11.1 Å². The summed E-state index contributed by atoms with van der Waals surface area (Å²) in [6.07, 6.45) is 0. The molecule has 3 N–H and O–H groups in total. The molecule has 0 saturated carbocycles. The molecule has 0 bridgehead atoms. The Morgan fingerprint density at radius 1 is 1.50 bits per heavy atom. The van der Waals surface area contributed by atoms with Crippen molar-refractivity contribution in [3.63, 3.8) is 0 Å². The Balaban J connectivity index is 2.85. The first-order valence-corrected chi connectivity index (χ1v) is 7.85. The van der Waals surface area contributed by atoms with Gasteiger partial charge in [0.2, 0.25) is 5.91 Å². The lowest BCUT2D eigenvalue weighted by atomic mass is 10.3. The molecule has 0 spiro atoms. The number of anilines is 1. The van der Waals surface area contributed by atoms with E-state index in [4.69, 9.17) is 22.1 Å². The van der Waals surface area contributed by atoms with E-state index < -0.39 is 21.5 Å². The monoisotopic (exact) mass is 320 g/mol. The van der Waals surface area contributed by atoms with Crippen molar-refractivity contribution in [3.8, 4) is 0 Å². The number of carbonyl (C=O) groups excluding carboxylic acids is 1.